The quantitative estimate of drug-likeness (QED) is 0.654. The van der Waals surface area contributed by atoms with Crippen LogP contribution in [0, 0.1) is 0 Å². The second-order valence-corrected chi connectivity index (χ2v) is 4.25. The number of nitrogens with zero attached hydrogens (tertiary/aromatic N) is 2. The van der Waals surface area contributed by atoms with Crippen LogP contribution >= 0.6 is 11.3 Å². The molecule has 0 aliphatic heterocycles. The molecular weight excluding hydrogens is 274 g/mol. The zero-order valence-electron chi connectivity index (χ0n) is 9.59. The summed E-state index contributed by atoms with van der Waals surface area (Å²) in [5, 5.41) is 6.21. The summed E-state index contributed by atoms with van der Waals surface area (Å²) in [6.07, 6.45) is 1.53. The third kappa shape index (κ3) is 4.18. The molecule has 1 heterocycles. The predicted octanol–water partition coefficient (Wildman–Crippen LogP) is 2.77. The van der Waals surface area contributed by atoms with Crippen molar-refractivity contribution in [3.8, 4) is 5.75 Å². The molecule has 8 heteroatoms. The standard InChI is InChI=1S/C11H10F2N4OS/c12-10(13)18-8-3-1-7(2-4-8)5-15-17-11-16-9(14)6-19-11/h1-6,10H,14H2,(H,16,17). The van der Waals surface area contributed by atoms with Crippen LogP contribution in [0.3, 0.4) is 0 Å². The van der Waals surface area contributed by atoms with Crippen LogP contribution in [0.5, 0.6) is 5.75 Å². The van der Waals surface area contributed by atoms with Crippen LogP contribution in [-0.4, -0.2) is 17.8 Å². The Labute approximate surface area is 111 Å². The summed E-state index contributed by atoms with van der Waals surface area (Å²) in [5.41, 5.74) is 8.89. The molecule has 0 unspecified atom stereocenters. The Bertz CT molecular complexity index is 556. The Morgan fingerprint density at radius 2 is 2.11 bits per heavy atom. The van der Waals surface area contributed by atoms with Crippen molar-refractivity contribution in [1.82, 2.24) is 4.98 Å². The number of aromatic nitrogens is 1. The van der Waals surface area contributed by atoms with Crippen LogP contribution in [0.25, 0.3) is 0 Å². The zero-order valence-corrected chi connectivity index (χ0v) is 10.4. The number of alkyl halides is 2. The molecule has 1 aromatic carbocycles. The minimum Gasteiger partial charge on any atom is -0.435 e. The summed E-state index contributed by atoms with van der Waals surface area (Å²) in [4.78, 5) is 3.96. The highest BCUT2D eigenvalue weighted by atomic mass is 32.1. The van der Waals surface area contributed by atoms with E-state index in [1.807, 2.05) is 0 Å². The monoisotopic (exact) mass is 284 g/mol. The van der Waals surface area contributed by atoms with Crippen molar-refractivity contribution in [2.45, 2.75) is 6.61 Å². The van der Waals surface area contributed by atoms with Crippen LogP contribution in [0.2, 0.25) is 0 Å². The number of ether oxygens (including phenoxy) is 1. The lowest BCUT2D eigenvalue weighted by atomic mass is 10.2. The maximum Gasteiger partial charge on any atom is 0.387 e. The van der Waals surface area contributed by atoms with Gasteiger partial charge in [-0.25, -0.2) is 4.98 Å². The van der Waals surface area contributed by atoms with E-state index in [-0.39, 0.29) is 5.75 Å². The second kappa shape index (κ2) is 6.10. The summed E-state index contributed by atoms with van der Waals surface area (Å²) in [7, 11) is 0. The lowest BCUT2D eigenvalue weighted by Gasteiger charge is -2.03. The van der Waals surface area contributed by atoms with E-state index >= 15 is 0 Å². The molecule has 0 aliphatic rings. The molecule has 19 heavy (non-hydrogen) atoms. The van der Waals surface area contributed by atoms with Gasteiger partial charge in [0.2, 0.25) is 5.13 Å². The van der Waals surface area contributed by atoms with Gasteiger partial charge in [-0.1, -0.05) is 0 Å². The van der Waals surface area contributed by atoms with Crippen molar-refractivity contribution in [3.05, 3.63) is 35.2 Å². The van der Waals surface area contributed by atoms with Gasteiger partial charge in [0.25, 0.3) is 0 Å². The lowest BCUT2D eigenvalue weighted by Crippen LogP contribution is -2.01. The van der Waals surface area contributed by atoms with Crippen molar-refractivity contribution in [3.63, 3.8) is 0 Å². The van der Waals surface area contributed by atoms with E-state index in [9.17, 15) is 8.78 Å². The predicted molar refractivity (Wildman–Crippen MR) is 70.8 cm³/mol. The fraction of sp³-hybridized carbons (Fsp3) is 0.0909. The van der Waals surface area contributed by atoms with E-state index in [0.29, 0.717) is 10.9 Å². The van der Waals surface area contributed by atoms with Gasteiger partial charge in [-0.05, 0) is 29.8 Å². The Morgan fingerprint density at radius 3 is 2.68 bits per heavy atom. The first kappa shape index (κ1) is 13.2. The Balaban J connectivity index is 1.92. The van der Waals surface area contributed by atoms with Gasteiger partial charge in [-0.3, -0.25) is 5.43 Å². The molecule has 0 aliphatic carbocycles. The van der Waals surface area contributed by atoms with Gasteiger partial charge in [0.15, 0.2) is 0 Å². The van der Waals surface area contributed by atoms with Gasteiger partial charge in [-0.15, -0.1) is 11.3 Å². The minimum atomic E-state index is -2.82. The number of benzene rings is 1. The molecule has 2 aromatic rings. The maximum absolute atomic E-state index is 11.9. The largest absolute Gasteiger partial charge is 0.435 e. The third-order valence-corrected chi connectivity index (χ3v) is 2.77. The number of hydrogen-bond donors (Lipinski definition) is 2. The van der Waals surface area contributed by atoms with E-state index in [1.54, 1.807) is 17.5 Å². The Hall–Kier alpha value is -2.22. The van der Waals surface area contributed by atoms with Crippen LogP contribution in [0.1, 0.15) is 5.56 Å². The van der Waals surface area contributed by atoms with E-state index in [4.69, 9.17) is 5.73 Å². The topological polar surface area (TPSA) is 72.5 Å². The van der Waals surface area contributed by atoms with E-state index in [2.05, 4.69) is 20.2 Å². The average molecular weight is 284 g/mol. The average Bonchev–Trinajstić information content (AvgIpc) is 2.77. The Morgan fingerprint density at radius 1 is 1.37 bits per heavy atom. The number of hydrogen-bond acceptors (Lipinski definition) is 6. The van der Waals surface area contributed by atoms with E-state index < -0.39 is 6.61 Å². The molecular formula is C11H10F2N4OS. The zero-order chi connectivity index (χ0) is 13.7. The van der Waals surface area contributed by atoms with Gasteiger partial charge >= 0.3 is 6.61 Å². The van der Waals surface area contributed by atoms with Gasteiger partial charge in [0.05, 0.1) is 6.21 Å². The number of nitrogens with two attached hydrogens (primary N) is 1. The molecule has 0 radical (unpaired) electrons. The second-order valence-electron chi connectivity index (χ2n) is 3.40. The number of anilines is 2. The van der Waals surface area contributed by atoms with Crippen LogP contribution in [-0.2, 0) is 0 Å². The first-order valence-electron chi connectivity index (χ1n) is 5.18. The van der Waals surface area contributed by atoms with E-state index in [0.717, 1.165) is 5.56 Å². The van der Waals surface area contributed by atoms with E-state index in [1.165, 1.54) is 29.7 Å². The smallest absolute Gasteiger partial charge is 0.387 e. The molecule has 1 aromatic heterocycles. The lowest BCUT2D eigenvalue weighted by molar-refractivity contribution is -0.0498. The first-order valence-corrected chi connectivity index (χ1v) is 6.06. The summed E-state index contributed by atoms with van der Waals surface area (Å²) in [5.74, 6) is 0.531. The number of halogens is 2. The van der Waals surface area contributed by atoms with Crippen molar-refractivity contribution < 1.29 is 13.5 Å². The fourth-order valence-electron chi connectivity index (χ4n) is 1.23. The van der Waals surface area contributed by atoms with Gasteiger partial charge in [0, 0.05) is 5.38 Å². The Kier molecular flexibility index (Phi) is 4.24. The van der Waals surface area contributed by atoms with Crippen LogP contribution < -0.4 is 15.9 Å². The molecule has 3 N–H and O–H groups in total. The first-order chi connectivity index (χ1) is 9.13. The third-order valence-electron chi connectivity index (χ3n) is 2.00. The molecule has 0 amide bonds. The molecule has 0 atom stereocenters. The SMILES string of the molecule is Nc1csc(NN=Cc2ccc(OC(F)F)cc2)n1. The molecule has 0 spiro atoms. The number of rotatable bonds is 5. The highest BCUT2D eigenvalue weighted by Crippen LogP contribution is 2.16. The number of hydrazone groups is 1. The highest BCUT2D eigenvalue weighted by molar-refractivity contribution is 7.14. The van der Waals surface area contributed by atoms with Crippen molar-refractivity contribution >= 4 is 28.5 Å². The summed E-state index contributed by atoms with van der Waals surface area (Å²) in [6.45, 7) is -2.82. The number of thiazole rings is 1. The number of nitrogen functional groups attached to an aromatic ring is 1. The molecule has 2 rings (SSSR count). The van der Waals surface area contributed by atoms with Crippen molar-refractivity contribution in [1.29, 1.82) is 0 Å². The molecule has 0 saturated heterocycles. The fourth-order valence-corrected chi connectivity index (χ4v) is 1.78. The van der Waals surface area contributed by atoms with Gasteiger partial charge < -0.3 is 10.5 Å². The van der Waals surface area contributed by atoms with Crippen molar-refractivity contribution in [2.75, 3.05) is 11.2 Å². The highest BCUT2D eigenvalue weighted by Gasteiger charge is 2.02. The van der Waals surface area contributed by atoms with Gasteiger partial charge in [-0.2, -0.15) is 13.9 Å². The molecule has 5 nitrogen and oxygen atoms in total. The maximum atomic E-state index is 11.9. The summed E-state index contributed by atoms with van der Waals surface area (Å²) >= 11 is 1.33. The van der Waals surface area contributed by atoms with Crippen LogP contribution in [0.4, 0.5) is 19.7 Å². The molecule has 0 bridgehead atoms. The van der Waals surface area contributed by atoms with Crippen LogP contribution in [0.15, 0.2) is 34.7 Å². The van der Waals surface area contributed by atoms with Gasteiger partial charge in [0.1, 0.15) is 11.6 Å². The summed E-state index contributed by atoms with van der Waals surface area (Å²) < 4.78 is 28.1. The molecule has 0 fully saturated rings. The molecule has 0 saturated carbocycles. The summed E-state index contributed by atoms with van der Waals surface area (Å²) in [6, 6.07) is 6.10. The normalized spacial score (nSPS) is 11.1. The van der Waals surface area contributed by atoms with Crippen molar-refractivity contribution in [2.24, 2.45) is 5.10 Å². The number of nitrogens with one attached hydrogen (secondary N) is 1. The minimum absolute atomic E-state index is 0.104. The molecule has 100 valence electrons.